The highest BCUT2D eigenvalue weighted by molar-refractivity contribution is 5.69. The predicted molar refractivity (Wildman–Crippen MR) is 79.5 cm³/mol. The van der Waals surface area contributed by atoms with Crippen molar-refractivity contribution in [3.8, 4) is 5.75 Å². The molecule has 5 heteroatoms. The van der Waals surface area contributed by atoms with E-state index in [1.54, 1.807) is 7.11 Å². The monoisotopic (exact) mass is 293 g/mol. The molecule has 116 valence electrons. The van der Waals surface area contributed by atoms with Gasteiger partial charge in [0.25, 0.3) is 0 Å². The number of rotatable bonds is 5. The van der Waals surface area contributed by atoms with Crippen LogP contribution in [0, 0.1) is 0 Å². The Morgan fingerprint density at radius 2 is 1.95 bits per heavy atom. The van der Waals surface area contributed by atoms with Gasteiger partial charge in [-0.1, -0.05) is 12.1 Å². The zero-order valence-electron chi connectivity index (χ0n) is 13.0. The average molecular weight is 293 g/mol. The number of alkyl carbamates (subject to hydrolysis) is 1. The van der Waals surface area contributed by atoms with Crippen LogP contribution >= 0.6 is 0 Å². The maximum Gasteiger partial charge on any atom is 0.407 e. The molecule has 1 fully saturated rings. The molecule has 0 radical (unpaired) electrons. The van der Waals surface area contributed by atoms with E-state index in [0.29, 0.717) is 5.92 Å². The van der Waals surface area contributed by atoms with Crippen molar-refractivity contribution in [2.45, 2.75) is 44.8 Å². The highest BCUT2D eigenvalue weighted by Crippen LogP contribution is 2.41. The van der Waals surface area contributed by atoms with Crippen LogP contribution in [0.1, 0.15) is 38.7 Å². The van der Waals surface area contributed by atoms with Gasteiger partial charge in [0.15, 0.2) is 6.79 Å². The number of carbonyl (C=O) groups excluding carboxylic acids is 1. The van der Waals surface area contributed by atoms with Crippen molar-refractivity contribution in [1.82, 2.24) is 5.32 Å². The number of hydrogen-bond donors (Lipinski definition) is 1. The van der Waals surface area contributed by atoms with Crippen LogP contribution in [0.15, 0.2) is 24.3 Å². The molecule has 2 atom stereocenters. The van der Waals surface area contributed by atoms with Gasteiger partial charge in [0.2, 0.25) is 0 Å². The van der Waals surface area contributed by atoms with Gasteiger partial charge >= 0.3 is 6.09 Å². The van der Waals surface area contributed by atoms with Crippen LogP contribution in [0.4, 0.5) is 4.79 Å². The summed E-state index contributed by atoms with van der Waals surface area (Å²) in [6, 6.07) is 8.03. The zero-order chi connectivity index (χ0) is 15.5. The Balaban J connectivity index is 1.81. The molecule has 5 nitrogen and oxygen atoms in total. The van der Waals surface area contributed by atoms with Crippen molar-refractivity contribution in [3.05, 3.63) is 29.8 Å². The Labute approximate surface area is 125 Å². The van der Waals surface area contributed by atoms with Crippen molar-refractivity contribution in [3.63, 3.8) is 0 Å². The standard InChI is InChI=1S/C16H23NO4/c1-16(2,3)21-15(18)17-14-9-13(14)11-5-7-12(8-6-11)20-10-19-4/h5-8,13-14H,9-10H2,1-4H3,(H,17,18). The van der Waals surface area contributed by atoms with E-state index in [2.05, 4.69) is 5.32 Å². The first-order chi connectivity index (χ1) is 9.89. The first-order valence-corrected chi connectivity index (χ1v) is 7.10. The molecule has 1 aromatic carbocycles. The normalized spacial score (nSPS) is 20.8. The minimum Gasteiger partial charge on any atom is -0.468 e. The lowest BCUT2D eigenvalue weighted by molar-refractivity contribution is 0.0509. The number of hydrogen-bond acceptors (Lipinski definition) is 4. The van der Waals surface area contributed by atoms with Crippen molar-refractivity contribution in [2.75, 3.05) is 13.9 Å². The number of amides is 1. The number of ether oxygens (including phenoxy) is 3. The van der Waals surface area contributed by atoms with E-state index in [9.17, 15) is 4.79 Å². The van der Waals surface area contributed by atoms with Gasteiger partial charge in [-0.25, -0.2) is 4.79 Å². The largest absolute Gasteiger partial charge is 0.468 e. The lowest BCUT2D eigenvalue weighted by Gasteiger charge is -2.19. The molecule has 1 N–H and O–H groups in total. The van der Waals surface area contributed by atoms with E-state index in [4.69, 9.17) is 14.2 Å². The van der Waals surface area contributed by atoms with Crippen LogP contribution in [-0.2, 0) is 9.47 Å². The van der Waals surface area contributed by atoms with Gasteiger partial charge in [0, 0.05) is 19.1 Å². The first-order valence-electron chi connectivity index (χ1n) is 7.10. The van der Waals surface area contributed by atoms with Crippen LogP contribution in [0.3, 0.4) is 0 Å². The molecule has 21 heavy (non-hydrogen) atoms. The molecule has 0 spiro atoms. The molecule has 2 unspecified atom stereocenters. The minimum atomic E-state index is -0.463. The van der Waals surface area contributed by atoms with Gasteiger partial charge in [-0.05, 0) is 44.9 Å². The van der Waals surface area contributed by atoms with Gasteiger partial charge in [0.1, 0.15) is 11.4 Å². The Morgan fingerprint density at radius 3 is 2.52 bits per heavy atom. The molecule has 1 aliphatic carbocycles. The van der Waals surface area contributed by atoms with Crippen molar-refractivity contribution in [2.24, 2.45) is 0 Å². The van der Waals surface area contributed by atoms with E-state index >= 15 is 0 Å². The van der Waals surface area contributed by atoms with E-state index < -0.39 is 5.60 Å². The molecule has 1 aliphatic rings. The molecule has 2 rings (SSSR count). The summed E-state index contributed by atoms with van der Waals surface area (Å²) < 4.78 is 15.4. The molecule has 1 amide bonds. The van der Waals surface area contributed by atoms with E-state index in [1.807, 2.05) is 45.0 Å². The molecule has 1 aromatic rings. The van der Waals surface area contributed by atoms with Crippen LogP contribution in [0.5, 0.6) is 5.75 Å². The van der Waals surface area contributed by atoms with E-state index in [0.717, 1.165) is 12.2 Å². The molecule has 1 saturated carbocycles. The lowest BCUT2D eigenvalue weighted by Crippen LogP contribution is -2.34. The maximum atomic E-state index is 11.7. The number of benzene rings is 1. The Hall–Kier alpha value is -1.75. The molecule has 0 heterocycles. The first kappa shape index (κ1) is 15.6. The molecule has 0 bridgehead atoms. The SMILES string of the molecule is COCOc1ccc(C2CC2NC(=O)OC(C)(C)C)cc1. The van der Waals surface area contributed by atoms with Gasteiger partial charge in [-0.2, -0.15) is 0 Å². The van der Waals surface area contributed by atoms with Crippen LogP contribution in [0.25, 0.3) is 0 Å². The van der Waals surface area contributed by atoms with Crippen LogP contribution in [0.2, 0.25) is 0 Å². The summed E-state index contributed by atoms with van der Waals surface area (Å²) in [6.45, 7) is 5.81. The second kappa shape index (κ2) is 6.35. The Bertz CT molecular complexity index is 478. The predicted octanol–water partition coefficient (Wildman–Crippen LogP) is 3.05. The third-order valence-electron chi connectivity index (χ3n) is 3.14. The quantitative estimate of drug-likeness (QED) is 0.848. The summed E-state index contributed by atoms with van der Waals surface area (Å²) in [7, 11) is 1.59. The summed E-state index contributed by atoms with van der Waals surface area (Å²) in [6.07, 6.45) is 0.590. The highest BCUT2D eigenvalue weighted by atomic mass is 16.7. The summed E-state index contributed by atoms with van der Waals surface area (Å²) in [5.41, 5.74) is 0.732. The van der Waals surface area contributed by atoms with E-state index in [1.165, 1.54) is 5.56 Å². The third-order valence-corrected chi connectivity index (χ3v) is 3.14. The van der Waals surface area contributed by atoms with Crippen LogP contribution < -0.4 is 10.1 Å². The average Bonchev–Trinajstić information content (AvgIpc) is 3.13. The van der Waals surface area contributed by atoms with Crippen molar-refractivity contribution >= 4 is 6.09 Å². The summed E-state index contributed by atoms with van der Waals surface area (Å²) in [5, 5.41) is 2.90. The van der Waals surface area contributed by atoms with Gasteiger partial charge in [-0.3, -0.25) is 0 Å². The zero-order valence-corrected chi connectivity index (χ0v) is 13.0. The topological polar surface area (TPSA) is 56.8 Å². The summed E-state index contributed by atoms with van der Waals surface area (Å²) in [4.78, 5) is 11.7. The molecular weight excluding hydrogens is 270 g/mol. The fourth-order valence-electron chi connectivity index (χ4n) is 2.12. The Kier molecular flexibility index (Phi) is 4.73. The van der Waals surface area contributed by atoms with Gasteiger partial charge in [0.05, 0.1) is 0 Å². The number of nitrogens with one attached hydrogen (secondary N) is 1. The summed E-state index contributed by atoms with van der Waals surface area (Å²) >= 11 is 0. The van der Waals surface area contributed by atoms with Gasteiger partial charge in [-0.15, -0.1) is 0 Å². The fraction of sp³-hybridized carbons (Fsp3) is 0.562. The molecule has 0 aliphatic heterocycles. The second-order valence-corrected chi connectivity index (χ2v) is 6.21. The number of carbonyl (C=O) groups is 1. The minimum absolute atomic E-state index is 0.158. The third kappa shape index (κ3) is 4.93. The highest BCUT2D eigenvalue weighted by Gasteiger charge is 2.40. The maximum absolute atomic E-state index is 11.7. The van der Waals surface area contributed by atoms with Crippen molar-refractivity contribution in [1.29, 1.82) is 0 Å². The summed E-state index contributed by atoms with van der Waals surface area (Å²) in [5.74, 6) is 1.13. The van der Waals surface area contributed by atoms with Crippen molar-refractivity contribution < 1.29 is 19.0 Å². The molecule has 0 saturated heterocycles. The molecular formula is C16H23NO4. The van der Waals surface area contributed by atoms with Gasteiger partial charge < -0.3 is 19.5 Å². The fourth-order valence-corrected chi connectivity index (χ4v) is 2.12. The smallest absolute Gasteiger partial charge is 0.407 e. The van der Waals surface area contributed by atoms with E-state index in [-0.39, 0.29) is 18.9 Å². The Morgan fingerprint density at radius 1 is 1.29 bits per heavy atom. The molecule has 0 aromatic heterocycles. The second-order valence-electron chi connectivity index (χ2n) is 6.21. The van der Waals surface area contributed by atoms with Crippen LogP contribution in [-0.4, -0.2) is 31.6 Å². The number of methoxy groups -OCH3 is 1. The lowest BCUT2D eigenvalue weighted by atomic mass is 10.1.